The van der Waals surface area contributed by atoms with E-state index in [0.717, 1.165) is 39.0 Å². The minimum Gasteiger partial charge on any atom is -0.457 e. The summed E-state index contributed by atoms with van der Waals surface area (Å²) in [5, 5.41) is 7.42. The SMILES string of the molecule is c1ccc(-c2c(N3c4ccccc4B4c5c3cccc5N(c3ccc5c(sc6ccccc65)c3-c3ccccc3)c3ccc5c(oc6ccccc65)c34)ccc3c2sc2ccccc23)cc1. The van der Waals surface area contributed by atoms with Gasteiger partial charge in [-0.3, -0.25) is 0 Å². The average molecular weight is 875 g/mol. The molecule has 0 bridgehead atoms. The molecule has 6 heteroatoms. The third-order valence-corrected chi connectivity index (χ3v) is 16.5. The Labute approximate surface area is 388 Å². The zero-order valence-corrected chi connectivity index (χ0v) is 37.0. The molecule has 10 aromatic carbocycles. The van der Waals surface area contributed by atoms with E-state index in [2.05, 4.69) is 222 Å². The molecule has 0 amide bonds. The van der Waals surface area contributed by atoms with Crippen LogP contribution in [0, 0.1) is 0 Å². The van der Waals surface area contributed by atoms with Crippen molar-refractivity contribution in [1.29, 1.82) is 0 Å². The van der Waals surface area contributed by atoms with E-state index < -0.39 is 0 Å². The van der Waals surface area contributed by atoms with Crippen molar-refractivity contribution in [2.24, 2.45) is 0 Å². The molecule has 0 N–H and O–H groups in total. The number of anilines is 6. The lowest BCUT2D eigenvalue weighted by Crippen LogP contribution is -2.61. The van der Waals surface area contributed by atoms with Crippen LogP contribution in [0.25, 0.3) is 84.5 Å². The first kappa shape index (κ1) is 36.4. The third-order valence-electron chi connectivity index (χ3n) is 14.1. The van der Waals surface area contributed by atoms with Crippen LogP contribution in [-0.4, -0.2) is 6.71 Å². The van der Waals surface area contributed by atoms with E-state index >= 15 is 0 Å². The van der Waals surface area contributed by atoms with Crippen LogP contribution in [0.4, 0.5) is 34.1 Å². The topological polar surface area (TPSA) is 19.6 Å². The molecule has 13 aromatic rings. The molecule has 0 atom stereocenters. The van der Waals surface area contributed by atoms with Gasteiger partial charge in [0.25, 0.3) is 6.71 Å². The fraction of sp³-hybridized carbons (Fsp3) is 0. The normalized spacial score (nSPS) is 13.1. The van der Waals surface area contributed by atoms with Gasteiger partial charge in [0.05, 0.1) is 11.4 Å². The lowest BCUT2D eigenvalue weighted by Gasteiger charge is -2.44. The summed E-state index contributed by atoms with van der Waals surface area (Å²) in [6, 6.07) is 78.3. The highest BCUT2D eigenvalue weighted by Gasteiger charge is 2.45. The van der Waals surface area contributed by atoms with E-state index in [1.165, 1.54) is 96.0 Å². The van der Waals surface area contributed by atoms with Gasteiger partial charge in [-0.15, -0.1) is 22.7 Å². The quantitative estimate of drug-likeness (QED) is 0.164. The molecule has 5 heterocycles. The van der Waals surface area contributed by atoms with Crippen LogP contribution in [0.1, 0.15) is 0 Å². The first-order valence-corrected chi connectivity index (χ1v) is 24.2. The van der Waals surface area contributed by atoms with Gasteiger partial charge in [0, 0.05) is 85.0 Å². The Morgan fingerprint density at radius 2 is 0.803 bits per heavy atom. The number of thiophene rings is 2. The van der Waals surface area contributed by atoms with Gasteiger partial charge in [-0.1, -0.05) is 152 Å². The van der Waals surface area contributed by atoms with Crippen molar-refractivity contribution in [3.05, 3.63) is 212 Å². The molecule has 66 heavy (non-hydrogen) atoms. The average Bonchev–Trinajstić information content (AvgIpc) is 4.08. The monoisotopic (exact) mass is 874 g/mol. The number of nitrogens with zero attached hydrogens (tertiary/aromatic N) is 2. The van der Waals surface area contributed by atoms with Crippen molar-refractivity contribution in [2.75, 3.05) is 9.80 Å². The Morgan fingerprint density at radius 1 is 0.333 bits per heavy atom. The van der Waals surface area contributed by atoms with Gasteiger partial charge in [-0.2, -0.15) is 0 Å². The molecule has 2 aliphatic rings. The Kier molecular flexibility index (Phi) is 7.62. The summed E-state index contributed by atoms with van der Waals surface area (Å²) in [6.45, 7) is -0.111. The van der Waals surface area contributed by atoms with Crippen LogP contribution in [0.3, 0.4) is 0 Å². The second kappa shape index (κ2) is 13.8. The Bertz CT molecular complexity index is 4140. The van der Waals surface area contributed by atoms with Crippen LogP contribution in [0.15, 0.2) is 217 Å². The summed E-state index contributed by atoms with van der Waals surface area (Å²) >= 11 is 3.78. The summed E-state index contributed by atoms with van der Waals surface area (Å²) in [6.07, 6.45) is 0. The zero-order chi connectivity index (χ0) is 43.0. The maximum absolute atomic E-state index is 7.11. The van der Waals surface area contributed by atoms with Gasteiger partial charge in [-0.25, -0.2) is 0 Å². The van der Waals surface area contributed by atoms with Crippen LogP contribution in [-0.2, 0) is 0 Å². The molecule has 306 valence electrons. The van der Waals surface area contributed by atoms with Crippen molar-refractivity contribution >= 4 is 142 Å². The Balaban J connectivity index is 1.08. The van der Waals surface area contributed by atoms with Gasteiger partial charge < -0.3 is 14.2 Å². The molecule has 3 aromatic heterocycles. The van der Waals surface area contributed by atoms with Gasteiger partial charge in [0.1, 0.15) is 11.2 Å². The number of furan rings is 1. The molecule has 0 saturated heterocycles. The summed E-state index contributed by atoms with van der Waals surface area (Å²) in [7, 11) is 0. The van der Waals surface area contributed by atoms with Gasteiger partial charge in [0.15, 0.2) is 0 Å². The molecule has 15 rings (SSSR count). The zero-order valence-electron chi connectivity index (χ0n) is 35.4. The fourth-order valence-electron chi connectivity index (χ4n) is 11.4. The number of fused-ring (bicyclic) bond motifs is 14. The van der Waals surface area contributed by atoms with Gasteiger partial charge in [-0.05, 0) is 88.2 Å². The number of rotatable bonds is 4. The van der Waals surface area contributed by atoms with E-state index in [1.807, 2.05) is 22.7 Å². The molecule has 0 fully saturated rings. The number of para-hydroxylation sites is 2. The van der Waals surface area contributed by atoms with E-state index in [4.69, 9.17) is 4.42 Å². The molecule has 0 radical (unpaired) electrons. The maximum Gasteiger partial charge on any atom is 0.257 e. The third kappa shape index (κ3) is 4.97. The highest BCUT2D eigenvalue weighted by atomic mass is 32.1. The van der Waals surface area contributed by atoms with Crippen molar-refractivity contribution in [3.63, 3.8) is 0 Å². The van der Waals surface area contributed by atoms with Crippen LogP contribution in [0.5, 0.6) is 0 Å². The number of hydrogen-bond acceptors (Lipinski definition) is 5. The number of hydrogen-bond donors (Lipinski definition) is 0. The van der Waals surface area contributed by atoms with Crippen LogP contribution >= 0.6 is 22.7 Å². The lowest BCUT2D eigenvalue weighted by atomic mass is 9.33. The fourth-order valence-corrected chi connectivity index (χ4v) is 13.9. The minimum atomic E-state index is -0.111. The number of benzene rings is 10. The van der Waals surface area contributed by atoms with Gasteiger partial charge >= 0.3 is 0 Å². The molecular formula is C60H35BN2OS2. The lowest BCUT2D eigenvalue weighted by molar-refractivity contribution is 0.671. The molecule has 2 aliphatic heterocycles. The van der Waals surface area contributed by atoms with E-state index in [1.54, 1.807) is 0 Å². The summed E-state index contributed by atoms with van der Waals surface area (Å²) in [5.41, 5.74) is 17.4. The van der Waals surface area contributed by atoms with Crippen molar-refractivity contribution < 1.29 is 4.42 Å². The predicted octanol–water partition coefficient (Wildman–Crippen LogP) is 15.7. The molecular weight excluding hydrogens is 840 g/mol. The highest BCUT2D eigenvalue weighted by Crippen LogP contribution is 2.53. The molecule has 3 nitrogen and oxygen atoms in total. The molecule has 0 spiro atoms. The van der Waals surface area contributed by atoms with E-state index in [9.17, 15) is 0 Å². The largest absolute Gasteiger partial charge is 0.457 e. The summed E-state index contributed by atoms with van der Waals surface area (Å²) in [5.74, 6) is 0. The first-order valence-electron chi connectivity index (χ1n) is 22.5. The minimum absolute atomic E-state index is 0.111. The van der Waals surface area contributed by atoms with Crippen LogP contribution in [0.2, 0.25) is 0 Å². The molecule has 0 unspecified atom stereocenters. The Morgan fingerprint density at radius 3 is 1.44 bits per heavy atom. The molecule has 0 saturated carbocycles. The van der Waals surface area contributed by atoms with Gasteiger partial charge in [0.2, 0.25) is 0 Å². The van der Waals surface area contributed by atoms with Crippen molar-refractivity contribution in [3.8, 4) is 22.3 Å². The Hall–Kier alpha value is -7.90. The summed E-state index contributed by atoms with van der Waals surface area (Å²) < 4.78 is 12.3. The van der Waals surface area contributed by atoms with E-state index in [-0.39, 0.29) is 6.71 Å². The maximum atomic E-state index is 7.11. The van der Waals surface area contributed by atoms with Crippen molar-refractivity contribution in [2.45, 2.75) is 0 Å². The van der Waals surface area contributed by atoms with Crippen molar-refractivity contribution in [1.82, 2.24) is 0 Å². The first-order chi connectivity index (χ1) is 32.8. The smallest absolute Gasteiger partial charge is 0.257 e. The van der Waals surface area contributed by atoms with E-state index in [0.29, 0.717) is 0 Å². The predicted molar refractivity (Wildman–Crippen MR) is 284 cm³/mol. The highest BCUT2D eigenvalue weighted by molar-refractivity contribution is 7.26. The summed E-state index contributed by atoms with van der Waals surface area (Å²) in [4.78, 5) is 5.12. The van der Waals surface area contributed by atoms with Crippen LogP contribution < -0.4 is 26.2 Å². The second-order valence-corrected chi connectivity index (χ2v) is 19.6. The second-order valence-electron chi connectivity index (χ2n) is 17.4. The molecule has 0 aliphatic carbocycles. The standard InChI is InChI=1S/C60H35BN2OS2/c1-3-16-36(17-4-1)54-46(33-31-42-39-21-8-13-28-52(39)65-59(42)54)62-45-24-11-10-23-44(45)61-56-48(62)25-15-26-49(56)63(50-35-30-41-38-20-7-12-27-51(38)64-58(41)57(50)61)47-34-32-43-40-22-9-14-29-53(40)66-60(43)55(47)37-18-5-2-6-19-37/h1-35H.